The van der Waals surface area contributed by atoms with Gasteiger partial charge in [-0.3, -0.25) is 0 Å². The van der Waals surface area contributed by atoms with Crippen molar-refractivity contribution in [3.05, 3.63) is 12.3 Å². The van der Waals surface area contributed by atoms with Crippen LogP contribution in [0.2, 0.25) is 0 Å². The molecule has 0 bridgehead atoms. The maximum Gasteiger partial charge on any atom is 1.00 e. The van der Waals surface area contributed by atoms with Crippen molar-refractivity contribution in [1.29, 1.82) is 0 Å². The molecule has 0 aromatic heterocycles. The second-order valence-corrected chi connectivity index (χ2v) is 2.33. The van der Waals surface area contributed by atoms with Crippen LogP contribution in [-0.4, -0.2) is 5.97 Å². The van der Waals surface area contributed by atoms with E-state index in [0.717, 1.165) is 0 Å². The fourth-order valence-electron chi connectivity index (χ4n) is 0.172. The number of rotatable bonds is 3. The molecule has 0 N–H and O–H groups in total. The molecule has 0 radical (unpaired) electrons. The smallest absolute Gasteiger partial charge is 0.780 e. The zero-order chi connectivity index (χ0) is 8.36. The van der Waals surface area contributed by atoms with Crippen molar-refractivity contribution < 1.29 is 183 Å². The first kappa shape index (κ1) is 25.8. The molecule has 0 atom stereocenters. The van der Waals surface area contributed by atoms with Crippen molar-refractivity contribution in [3.8, 4) is 0 Å². The first-order valence-electron chi connectivity index (χ1n) is 1.95. The molecule has 0 rings (SSSR count). The van der Waals surface area contributed by atoms with E-state index in [1.165, 1.54) is 0 Å². The molecule has 0 spiro atoms. The van der Waals surface area contributed by atoms with E-state index in [-0.39, 0.29) is 154 Å². The molecule has 0 aliphatic heterocycles. The van der Waals surface area contributed by atoms with Crippen molar-refractivity contribution in [2.75, 3.05) is 0 Å². The summed E-state index contributed by atoms with van der Waals surface area (Å²) < 4.78 is 12.9. The molecule has 0 fully saturated rings. The van der Waals surface area contributed by atoms with Gasteiger partial charge in [-0.1, -0.05) is 6.58 Å². The minimum atomic E-state index is -5.30. The summed E-state index contributed by atoms with van der Waals surface area (Å²) in [5, 5.41) is 9.64. The SMILES string of the molecule is C=[13C](OP(=O)([O-])[O-])C(=O)[O-].[K+].[K+].[K+]. The minimum absolute atomic E-state index is 0. The molecule has 58 valence electrons. The fraction of sp³-hybridized carbons (Fsp3) is 0. The fourth-order valence-corrected chi connectivity index (χ4v) is 0.517. The molecule has 0 unspecified atom stereocenters. The van der Waals surface area contributed by atoms with Gasteiger partial charge < -0.3 is 28.8 Å². The zero-order valence-corrected chi connectivity index (χ0v) is 17.9. The third-order valence-corrected chi connectivity index (χ3v) is 0.894. The average Bonchev–Trinajstić information content (AvgIpc) is 1.60. The standard InChI is InChI=1S/C3H5O6P.3K/c1-2(3(4)5)9-10(6,7)8;;;/h1H2,(H,4,5)(H2,6,7,8);;;/q;3*+1/p-3/i2+1;;;. The Kier molecular flexibility index (Phi) is 24.9. The second-order valence-electron chi connectivity index (χ2n) is 1.25. The van der Waals surface area contributed by atoms with Crippen molar-refractivity contribution in [3.63, 3.8) is 0 Å². The predicted octanol–water partition coefficient (Wildman–Crippen LogP) is -11.9. The Hall–Kier alpha value is 4.07. The summed E-state index contributed by atoms with van der Waals surface area (Å²) in [6.45, 7) is 2.58. The van der Waals surface area contributed by atoms with E-state index in [4.69, 9.17) is 0 Å². The van der Waals surface area contributed by atoms with E-state index >= 15 is 0 Å². The number of phosphoric ester groups is 1. The van der Waals surface area contributed by atoms with Crippen molar-refractivity contribution in [1.82, 2.24) is 0 Å². The van der Waals surface area contributed by atoms with E-state index < -0.39 is 19.6 Å². The summed E-state index contributed by atoms with van der Waals surface area (Å²) in [6.07, 6.45) is 0. The van der Waals surface area contributed by atoms with Crippen LogP contribution >= 0.6 is 7.82 Å². The Morgan fingerprint density at radius 3 is 1.62 bits per heavy atom. The molecule has 0 aliphatic rings. The van der Waals surface area contributed by atoms with Crippen molar-refractivity contribution in [2.45, 2.75) is 0 Å². The third kappa shape index (κ3) is 18.6. The quantitative estimate of drug-likeness (QED) is 0.167. The summed E-state index contributed by atoms with van der Waals surface area (Å²) in [6, 6.07) is 0. The van der Waals surface area contributed by atoms with Gasteiger partial charge in [-0.05, 0) is 0 Å². The van der Waals surface area contributed by atoms with Gasteiger partial charge in [0.2, 0.25) is 0 Å². The van der Waals surface area contributed by atoms with Crippen LogP contribution < -0.4 is 169 Å². The average molecular weight is 283 g/mol. The third-order valence-electron chi connectivity index (χ3n) is 0.450. The van der Waals surface area contributed by atoms with E-state index in [0.29, 0.717) is 0 Å². The Balaban J connectivity index is -0.000000135. The summed E-state index contributed by atoms with van der Waals surface area (Å²) in [5.41, 5.74) is 0. The molecular weight excluding hydrogens is 281 g/mol. The van der Waals surface area contributed by atoms with Gasteiger partial charge in [-0.25, -0.2) is 0 Å². The predicted molar refractivity (Wildman–Crippen MR) is 22.8 cm³/mol. The van der Waals surface area contributed by atoms with Crippen LogP contribution in [0.25, 0.3) is 0 Å². The molecular formula is C3H2K3O6P. The van der Waals surface area contributed by atoms with E-state index in [1.807, 2.05) is 0 Å². The molecule has 0 saturated heterocycles. The van der Waals surface area contributed by atoms with Gasteiger partial charge >= 0.3 is 154 Å². The topological polar surface area (TPSA) is 113 Å². The van der Waals surface area contributed by atoms with Gasteiger partial charge in [0.05, 0.1) is 0 Å². The maximum absolute atomic E-state index is 9.64. The molecule has 0 aromatic rings. The number of carboxylic acids is 1. The van der Waals surface area contributed by atoms with Crippen LogP contribution in [0.4, 0.5) is 0 Å². The number of carboxylic acid groups (broad SMARTS) is 1. The number of hydrogen-bond donors (Lipinski definition) is 0. The zero-order valence-electron chi connectivity index (χ0n) is 7.60. The van der Waals surface area contributed by atoms with Gasteiger partial charge in [0.1, 0.15) is 19.6 Å². The normalized spacial score (nSPS) is 8.15. The molecule has 0 amide bonds. The van der Waals surface area contributed by atoms with Crippen molar-refractivity contribution in [2.24, 2.45) is 0 Å². The minimum Gasteiger partial charge on any atom is -0.780 e. The van der Waals surface area contributed by atoms with E-state index in [9.17, 15) is 24.3 Å². The van der Waals surface area contributed by atoms with Crippen LogP contribution in [0.1, 0.15) is 0 Å². The molecule has 0 aromatic carbocycles. The van der Waals surface area contributed by atoms with Gasteiger partial charge in [0.15, 0.2) is 0 Å². The maximum atomic E-state index is 9.64. The van der Waals surface area contributed by atoms with E-state index in [2.05, 4.69) is 11.1 Å². The molecule has 0 aliphatic carbocycles. The Bertz CT molecular complexity index is 211. The van der Waals surface area contributed by atoms with Gasteiger partial charge in [-0.15, -0.1) is 0 Å². The molecule has 10 heteroatoms. The summed E-state index contributed by atoms with van der Waals surface area (Å²) >= 11 is 0. The molecule has 0 saturated carbocycles. The number of carbonyl (C=O) groups is 1. The number of phosphoric acid groups is 1. The van der Waals surface area contributed by atoms with Gasteiger partial charge in [0, 0.05) is 0 Å². The second kappa shape index (κ2) is 12.5. The molecule has 6 nitrogen and oxygen atoms in total. The van der Waals surface area contributed by atoms with Gasteiger partial charge in [0.25, 0.3) is 0 Å². The summed E-state index contributed by atoms with van der Waals surface area (Å²) in [4.78, 5) is 28.9. The van der Waals surface area contributed by atoms with Crippen molar-refractivity contribution >= 4 is 13.8 Å². The van der Waals surface area contributed by atoms with E-state index in [1.54, 1.807) is 0 Å². The van der Waals surface area contributed by atoms with Crippen LogP contribution in [0.3, 0.4) is 0 Å². The monoisotopic (exact) mass is 283 g/mol. The van der Waals surface area contributed by atoms with Crippen LogP contribution in [0.5, 0.6) is 0 Å². The first-order chi connectivity index (χ1) is 4.33. The summed E-state index contributed by atoms with van der Waals surface area (Å²) in [5.74, 6) is -3.15. The van der Waals surface area contributed by atoms with Gasteiger partial charge in [-0.2, -0.15) is 0 Å². The largest absolute Gasteiger partial charge is 1.00 e. The Morgan fingerprint density at radius 2 is 1.54 bits per heavy atom. The summed E-state index contributed by atoms with van der Waals surface area (Å²) in [7, 11) is -5.30. The van der Waals surface area contributed by atoms with Crippen LogP contribution in [0.15, 0.2) is 12.3 Å². The molecule has 0 heterocycles. The number of carbonyl (C=O) groups excluding carboxylic acids is 1. The first-order valence-corrected chi connectivity index (χ1v) is 3.41. The Labute approximate surface area is 203 Å². The van der Waals surface area contributed by atoms with Crippen LogP contribution in [-0.2, 0) is 13.9 Å². The number of aliphatic carboxylic acids is 1. The number of hydrogen-bond acceptors (Lipinski definition) is 6. The van der Waals surface area contributed by atoms with Crippen LogP contribution in [0, 0.1) is 0 Å². The Morgan fingerprint density at radius 1 is 1.23 bits per heavy atom. The molecule has 13 heavy (non-hydrogen) atoms.